The van der Waals surface area contributed by atoms with E-state index in [4.69, 9.17) is 16.3 Å². The number of methoxy groups -OCH3 is 1. The molecule has 2 rings (SSSR count). The van der Waals surface area contributed by atoms with Crippen molar-refractivity contribution in [3.8, 4) is 5.75 Å². The molecule has 0 saturated heterocycles. The molecule has 21 heavy (non-hydrogen) atoms. The van der Waals surface area contributed by atoms with E-state index in [1.54, 1.807) is 7.11 Å². The van der Waals surface area contributed by atoms with Gasteiger partial charge in [0.15, 0.2) is 0 Å². The summed E-state index contributed by atoms with van der Waals surface area (Å²) < 4.78 is 5.40. The number of nitrogens with one attached hydrogen (secondary N) is 1. The van der Waals surface area contributed by atoms with Crippen LogP contribution < -0.4 is 10.1 Å². The van der Waals surface area contributed by atoms with Crippen LogP contribution in [0.3, 0.4) is 0 Å². The van der Waals surface area contributed by atoms with E-state index in [1.165, 1.54) is 16.7 Å². The van der Waals surface area contributed by atoms with Gasteiger partial charge in [0.2, 0.25) is 0 Å². The minimum absolute atomic E-state index is 0.372. The second-order valence-corrected chi connectivity index (χ2v) is 5.81. The topological polar surface area (TPSA) is 21.3 Å². The molecule has 0 aromatic heterocycles. The molecule has 2 aromatic rings. The summed E-state index contributed by atoms with van der Waals surface area (Å²) >= 11 is 5.99. The van der Waals surface area contributed by atoms with Crippen molar-refractivity contribution in [3.05, 3.63) is 64.2 Å². The molecular formula is C18H22ClNO. The highest BCUT2D eigenvalue weighted by Crippen LogP contribution is 2.19. The SMILES string of the molecule is COc1ccccc1CC(C)NCc1ccc(Cl)cc1C. The van der Waals surface area contributed by atoms with E-state index in [2.05, 4.69) is 31.3 Å². The Labute approximate surface area is 132 Å². The number of benzene rings is 2. The largest absolute Gasteiger partial charge is 0.496 e. The van der Waals surface area contributed by atoms with Crippen molar-refractivity contribution >= 4 is 11.6 Å². The second-order valence-electron chi connectivity index (χ2n) is 5.37. The normalized spacial score (nSPS) is 12.2. The summed E-state index contributed by atoms with van der Waals surface area (Å²) in [7, 11) is 1.72. The van der Waals surface area contributed by atoms with Crippen LogP contribution in [0, 0.1) is 6.92 Å². The van der Waals surface area contributed by atoms with Crippen LogP contribution in [-0.4, -0.2) is 13.2 Å². The fraction of sp³-hybridized carbons (Fsp3) is 0.333. The molecule has 0 heterocycles. The van der Waals surface area contributed by atoms with Crippen molar-refractivity contribution in [3.63, 3.8) is 0 Å². The monoisotopic (exact) mass is 303 g/mol. The van der Waals surface area contributed by atoms with Gasteiger partial charge in [-0.15, -0.1) is 0 Å². The van der Waals surface area contributed by atoms with Crippen LogP contribution in [0.2, 0.25) is 5.02 Å². The van der Waals surface area contributed by atoms with Gasteiger partial charge in [-0.05, 0) is 55.2 Å². The summed E-state index contributed by atoms with van der Waals surface area (Å²) in [5, 5.41) is 4.35. The highest BCUT2D eigenvalue weighted by atomic mass is 35.5. The lowest BCUT2D eigenvalue weighted by molar-refractivity contribution is 0.406. The minimum Gasteiger partial charge on any atom is -0.496 e. The third-order valence-corrected chi connectivity index (χ3v) is 3.90. The van der Waals surface area contributed by atoms with E-state index in [9.17, 15) is 0 Å². The van der Waals surface area contributed by atoms with Crippen LogP contribution in [0.1, 0.15) is 23.6 Å². The first-order chi connectivity index (χ1) is 10.1. The van der Waals surface area contributed by atoms with E-state index < -0.39 is 0 Å². The van der Waals surface area contributed by atoms with Gasteiger partial charge in [-0.2, -0.15) is 0 Å². The van der Waals surface area contributed by atoms with Crippen LogP contribution in [0.5, 0.6) is 5.75 Å². The Morgan fingerprint density at radius 2 is 1.90 bits per heavy atom. The fourth-order valence-electron chi connectivity index (χ4n) is 2.42. The maximum absolute atomic E-state index is 5.99. The number of halogens is 1. The van der Waals surface area contributed by atoms with Crippen LogP contribution in [0.4, 0.5) is 0 Å². The van der Waals surface area contributed by atoms with Crippen molar-refractivity contribution in [1.82, 2.24) is 5.32 Å². The molecule has 1 atom stereocenters. The van der Waals surface area contributed by atoms with Crippen LogP contribution in [0.15, 0.2) is 42.5 Å². The number of hydrogen-bond acceptors (Lipinski definition) is 2. The Morgan fingerprint density at radius 1 is 1.14 bits per heavy atom. The van der Waals surface area contributed by atoms with Gasteiger partial charge in [-0.3, -0.25) is 0 Å². The molecule has 2 aromatic carbocycles. The van der Waals surface area contributed by atoms with Crippen molar-refractivity contribution in [2.75, 3.05) is 7.11 Å². The Morgan fingerprint density at radius 3 is 2.62 bits per heavy atom. The first-order valence-corrected chi connectivity index (χ1v) is 7.58. The Kier molecular flexibility index (Phi) is 5.66. The molecule has 0 aliphatic rings. The standard InChI is InChI=1S/C18H22ClNO/c1-13-10-17(19)9-8-16(13)12-20-14(2)11-15-6-4-5-7-18(15)21-3/h4-10,14,20H,11-12H2,1-3H3. The van der Waals surface area contributed by atoms with Gasteiger partial charge >= 0.3 is 0 Å². The fourth-order valence-corrected chi connectivity index (χ4v) is 2.64. The van der Waals surface area contributed by atoms with Gasteiger partial charge < -0.3 is 10.1 Å². The molecule has 0 saturated carbocycles. The van der Waals surface area contributed by atoms with Crippen molar-refractivity contribution < 1.29 is 4.74 Å². The van der Waals surface area contributed by atoms with Crippen molar-refractivity contribution in [1.29, 1.82) is 0 Å². The molecule has 1 N–H and O–H groups in total. The summed E-state index contributed by atoms with van der Waals surface area (Å²) in [4.78, 5) is 0. The summed E-state index contributed by atoms with van der Waals surface area (Å²) in [6.45, 7) is 5.13. The van der Waals surface area contributed by atoms with E-state index in [1.807, 2.05) is 30.3 Å². The third-order valence-electron chi connectivity index (χ3n) is 3.66. The molecule has 3 heteroatoms. The summed E-state index contributed by atoms with van der Waals surface area (Å²) in [6, 6.07) is 14.6. The average molecular weight is 304 g/mol. The number of ether oxygens (including phenoxy) is 1. The Balaban J connectivity index is 1.94. The van der Waals surface area contributed by atoms with Crippen LogP contribution in [-0.2, 0) is 13.0 Å². The average Bonchev–Trinajstić information content (AvgIpc) is 2.47. The maximum Gasteiger partial charge on any atom is 0.122 e. The predicted molar refractivity (Wildman–Crippen MR) is 89.2 cm³/mol. The highest BCUT2D eigenvalue weighted by Gasteiger charge is 2.08. The number of hydrogen-bond donors (Lipinski definition) is 1. The zero-order chi connectivity index (χ0) is 15.2. The van der Waals surface area contributed by atoms with Gasteiger partial charge in [0.25, 0.3) is 0 Å². The molecule has 2 nitrogen and oxygen atoms in total. The molecule has 0 radical (unpaired) electrons. The number of rotatable bonds is 6. The lowest BCUT2D eigenvalue weighted by atomic mass is 10.0. The quantitative estimate of drug-likeness (QED) is 0.855. The zero-order valence-electron chi connectivity index (χ0n) is 12.8. The van der Waals surface area contributed by atoms with E-state index in [-0.39, 0.29) is 0 Å². The molecule has 0 amide bonds. The lowest BCUT2D eigenvalue weighted by Crippen LogP contribution is -2.28. The molecule has 0 spiro atoms. The maximum atomic E-state index is 5.99. The predicted octanol–water partition coefficient (Wildman–Crippen LogP) is 4.38. The molecule has 0 bridgehead atoms. The molecule has 0 fully saturated rings. The molecular weight excluding hydrogens is 282 g/mol. The molecule has 112 valence electrons. The number of aryl methyl sites for hydroxylation is 1. The molecule has 0 aliphatic heterocycles. The van der Waals surface area contributed by atoms with Crippen molar-refractivity contribution in [2.45, 2.75) is 32.9 Å². The van der Waals surface area contributed by atoms with E-state index in [0.29, 0.717) is 6.04 Å². The van der Waals surface area contributed by atoms with Crippen molar-refractivity contribution in [2.24, 2.45) is 0 Å². The van der Waals surface area contributed by atoms with Gasteiger partial charge in [-0.25, -0.2) is 0 Å². The smallest absolute Gasteiger partial charge is 0.122 e. The van der Waals surface area contributed by atoms with Gasteiger partial charge in [0, 0.05) is 17.6 Å². The van der Waals surface area contributed by atoms with Gasteiger partial charge in [-0.1, -0.05) is 35.9 Å². The Hall–Kier alpha value is -1.51. The number of para-hydroxylation sites is 1. The van der Waals surface area contributed by atoms with E-state index in [0.717, 1.165) is 23.7 Å². The highest BCUT2D eigenvalue weighted by molar-refractivity contribution is 6.30. The van der Waals surface area contributed by atoms with Gasteiger partial charge in [0.1, 0.15) is 5.75 Å². The molecule has 0 aliphatic carbocycles. The zero-order valence-corrected chi connectivity index (χ0v) is 13.6. The molecule has 1 unspecified atom stereocenters. The first-order valence-electron chi connectivity index (χ1n) is 7.20. The summed E-state index contributed by atoms with van der Waals surface area (Å²) in [5.74, 6) is 0.953. The van der Waals surface area contributed by atoms with E-state index >= 15 is 0 Å². The minimum atomic E-state index is 0.372. The van der Waals surface area contributed by atoms with Crippen LogP contribution in [0.25, 0.3) is 0 Å². The Bertz CT molecular complexity index is 598. The second kappa shape index (κ2) is 7.48. The third kappa shape index (κ3) is 4.48. The van der Waals surface area contributed by atoms with Gasteiger partial charge in [0.05, 0.1) is 7.11 Å². The lowest BCUT2D eigenvalue weighted by Gasteiger charge is -2.17. The van der Waals surface area contributed by atoms with Crippen LogP contribution >= 0.6 is 11.6 Å². The first kappa shape index (κ1) is 15.9. The summed E-state index contributed by atoms with van der Waals surface area (Å²) in [5.41, 5.74) is 3.73. The summed E-state index contributed by atoms with van der Waals surface area (Å²) in [6.07, 6.45) is 0.941.